The van der Waals surface area contributed by atoms with E-state index in [1.54, 1.807) is 0 Å². The van der Waals surface area contributed by atoms with Crippen molar-refractivity contribution in [2.24, 2.45) is 0 Å². The average molecular weight is 160 g/mol. The van der Waals surface area contributed by atoms with Gasteiger partial charge in [0, 0.05) is 6.42 Å². The third-order valence-corrected chi connectivity index (χ3v) is 1.81. The highest BCUT2D eigenvalue weighted by Gasteiger charge is 1.96. The topological polar surface area (TPSA) is 17.1 Å². The van der Waals surface area contributed by atoms with Gasteiger partial charge in [0.15, 0.2) is 0 Å². The van der Waals surface area contributed by atoms with Crippen molar-refractivity contribution in [1.29, 1.82) is 0 Å². The first-order chi connectivity index (χ1) is 5.88. The van der Waals surface area contributed by atoms with E-state index in [4.69, 9.17) is 0 Å². The maximum Gasteiger partial charge on any atom is 0.120 e. The Morgan fingerprint density at radius 2 is 2.08 bits per heavy atom. The van der Waals surface area contributed by atoms with Crippen LogP contribution in [0.1, 0.15) is 17.5 Å². The predicted molar refractivity (Wildman–Crippen MR) is 50.9 cm³/mol. The zero-order valence-electron chi connectivity index (χ0n) is 6.99. The Bertz CT molecular complexity index is 276. The fourth-order valence-electron chi connectivity index (χ4n) is 1.18. The molecule has 12 heavy (non-hydrogen) atoms. The molecular weight excluding hydrogens is 148 g/mol. The lowest BCUT2D eigenvalue weighted by Gasteiger charge is -2.01. The van der Waals surface area contributed by atoms with E-state index in [9.17, 15) is 4.79 Å². The molecule has 0 aliphatic heterocycles. The van der Waals surface area contributed by atoms with Crippen LogP contribution in [-0.2, 0) is 11.2 Å². The number of hydrogen-bond donors (Lipinski definition) is 0. The molecule has 1 aromatic carbocycles. The fourth-order valence-corrected chi connectivity index (χ4v) is 1.18. The summed E-state index contributed by atoms with van der Waals surface area (Å²) < 4.78 is 0. The maximum absolute atomic E-state index is 10.2. The molecular formula is C11H12O. The molecule has 0 bridgehead atoms. The molecule has 0 heterocycles. The van der Waals surface area contributed by atoms with E-state index in [0.29, 0.717) is 6.42 Å². The monoisotopic (exact) mass is 160 g/mol. The highest BCUT2D eigenvalue weighted by molar-refractivity contribution is 5.54. The lowest BCUT2D eigenvalue weighted by Crippen LogP contribution is -1.89. The Kier molecular flexibility index (Phi) is 3.27. The van der Waals surface area contributed by atoms with Crippen LogP contribution in [0.25, 0.3) is 6.08 Å². The van der Waals surface area contributed by atoms with E-state index in [-0.39, 0.29) is 0 Å². The summed E-state index contributed by atoms with van der Waals surface area (Å²) in [6.07, 6.45) is 4.16. The van der Waals surface area contributed by atoms with Crippen LogP contribution in [-0.4, -0.2) is 6.29 Å². The number of hydrogen-bond acceptors (Lipinski definition) is 1. The van der Waals surface area contributed by atoms with Gasteiger partial charge in [-0.2, -0.15) is 0 Å². The van der Waals surface area contributed by atoms with Crippen molar-refractivity contribution in [3.05, 3.63) is 42.0 Å². The van der Waals surface area contributed by atoms with Crippen LogP contribution in [0.3, 0.4) is 0 Å². The van der Waals surface area contributed by atoms with Gasteiger partial charge in [0.1, 0.15) is 6.29 Å². The van der Waals surface area contributed by atoms with Gasteiger partial charge in [-0.15, -0.1) is 0 Å². The zero-order chi connectivity index (χ0) is 8.81. The molecule has 0 aliphatic rings. The van der Waals surface area contributed by atoms with Gasteiger partial charge >= 0.3 is 0 Å². The van der Waals surface area contributed by atoms with Gasteiger partial charge < -0.3 is 4.79 Å². The Labute approximate surface area is 72.7 Å². The molecule has 0 unspecified atom stereocenters. The molecule has 0 spiro atoms. The summed E-state index contributed by atoms with van der Waals surface area (Å²) in [6.45, 7) is 3.71. The van der Waals surface area contributed by atoms with Crippen LogP contribution < -0.4 is 0 Å². The molecule has 62 valence electrons. The number of benzene rings is 1. The number of aryl methyl sites for hydroxylation is 1. The van der Waals surface area contributed by atoms with Gasteiger partial charge in [-0.3, -0.25) is 0 Å². The first-order valence-electron chi connectivity index (χ1n) is 4.02. The van der Waals surface area contributed by atoms with E-state index >= 15 is 0 Å². The Morgan fingerprint density at radius 3 is 2.75 bits per heavy atom. The van der Waals surface area contributed by atoms with Crippen LogP contribution in [0.2, 0.25) is 0 Å². The van der Waals surface area contributed by atoms with Gasteiger partial charge in [-0.1, -0.05) is 36.9 Å². The molecule has 1 heteroatoms. The summed E-state index contributed by atoms with van der Waals surface area (Å²) in [6, 6.07) is 7.99. The van der Waals surface area contributed by atoms with Crippen molar-refractivity contribution in [3.63, 3.8) is 0 Å². The molecule has 0 radical (unpaired) electrons. The second kappa shape index (κ2) is 4.50. The van der Waals surface area contributed by atoms with E-state index in [1.807, 2.05) is 30.3 Å². The second-order valence-electron chi connectivity index (χ2n) is 2.61. The first kappa shape index (κ1) is 8.72. The fraction of sp³-hybridized carbons (Fsp3) is 0.182. The summed E-state index contributed by atoms with van der Waals surface area (Å²) in [4.78, 5) is 10.2. The molecule has 0 atom stereocenters. The molecule has 1 rings (SSSR count). The molecule has 1 aromatic rings. The SMILES string of the molecule is C=Cc1ccccc1CCC=O. The smallest absolute Gasteiger partial charge is 0.120 e. The molecule has 0 aromatic heterocycles. The number of rotatable bonds is 4. The molecule has 0 saturated carbocycles. The number of aldehydes is 1. The van der Waals surface area contributed by atoms with Gasteiger partial charge in [-0.05, 0) is 17.5 Å². The minimum atomic E-state index is 0.588. The summed E-state index contributed by atoms with van der Waals surface area (Å²) >= 11 is 0. The Hall–Kier alpha value is -1.37. The minimum Gasteiger partial charge on any atom is -0.303 e. The standard InChI is InChI=1S/C11H12O/c1-2-10-6-3-4-7-11(10)8-5-9-12/h2-4,6-7,9H,1,5,8H2. The summed E-state index contributed by atoms with van der Waals surface area (Å²) in [7, 11) is 0. The van der Waals surface area contributed by atoms with Crippen LogP contribution >= 0.6 is 0 Å². The largest absolute Gasteiger partial charge is 0.303 e. The molecule has 0 amide bonds. The molecule has 0 N–H and O–H groups in total. The van der Waals surface area contributed by atoms with Crippen LogP contribution in [0.5, 0.6) is 0 Å². The molecule has 0 fully saturated rings. The van der Waals surface area contributed by atoms with Gasteiger partial charge in [-0.25, -0.2) is 0 Å². The number of carbonyl (C=O) groups excluding carboxylic acids is 1. The third-order valence-electron chi connectivity index (χ3n) is 1.81. The van der Waals surface area contributed by atoms with E-state index in [2.05, 4.69) is 6.58 Å². The van der Waals surface area contributed by atoms with Crippen LogP contribution in [0.4, 0.5) is 0 Å². The lowest BCUT2D eigenvalue weighted by molar-refractivity contribution is -0.107. The third kappa shape index (κ3) is 2.06. The first-order valence-corrected chi connectivity index (χ1v) is 4.02. The average Bonchev–Trinajstić information content (AvgIpc) is 2.15. The Balaban J connectivity index is 2.81. The molecule has 0 aliphatic carbocycles. The van der Waals surface area contributed by atoms with Gasteiger partial charge in [0.2, 0.25) is 0 Å². The maximum atomic E-state index is 10.2. The van der Waals surface area contributed by atoms with Crippen molar-refractivity contribution in [2.75, 3.05) is 0 Å². The number of carbonyl (C=O) groups is 1. The predicted octanol–water partition coefficient (Wildman–Crippen LogP) is 2.46. The Morgan fingerprint density at radius 1 is 1.33 bits per heavy atom. The van der Waals surface area contributed by atoms with E-state index < -0.39 is 0 Å². The normalized spacial score (nSPS) is 9.33. The summed E-state index contributed by atoms with van der Waals surface area (Å²) in [5.74, 6) is 0. The highest BCUT2D eigenvalue weighted by atomic mass is 16.1. The summed E-state index contributed by atoms with van der Waals surface area (Å²) in [5.41, 5.74) is 2.32. The zero-order valence-corrected chi connectivity index (χ0v) is 6.99. The van der Waals surface area contributed by atoms with Crippen molar-refractivity contribution in [1.82, 2.24) is 0 Å². The molecule has 1 nitrogen and oxygen atoms in total. The van der Waals surface area contributed by atoms with Gasteiger partial charge in [0.05, 0.1) is 0 Å². The van der Waals surface area contributed by atoms with Crippen LogP contribution in [0.15, 0.2) is 30.8 Å². The van der Waals surface area contributed by atoms with Crippen molar-refractivity contribution in [3.8, 4) is 0 Å². The quantitative estimate of drug-likeness (QED) is 0.618. The minimum absolute atomic E-state index is 0.588. The van der Waals surface area contributed by atoms with Gasteiger partial charge in [0.25, 0.3) is 0 Å². The second-order valence-corrected chi connectivity index (χ2v) is 2.61. The van der Waals surface area contributed by atoms with Crippen LogP contribution in [0, 0.1) is 0 Å². The lowest BCUT2D eigenvalue weighted by atomic mass is 10.0. The molecule has 0 saturated heterocycles. The van der Waals surface area contributed by atoms with Crippen molar-refractivity contribution >= 4 is 12.4 Å². The van der Waals surface area contributed by atoms with E-state index in [1.165, 1.54) is 5.56 Å². The highest BCUT2D eigenvalue weighted by Crippen LogP contribution is 2.11. The van der Waals surface area contributed by atoms with Crippen molar-refractivity contribution < 1.29 is 4.79 Å². The van der Waals surface area contributed by atoms with E-state index in [0.717, 1.165) is 18.3 Å². The van der Waals surface area contributed by atoms with Crippen molar-refractivity contribution in [2.45, 2.75) is 12.8 Å². The summed E-state index contributed by atoms with van der Waals surface area (Å²) in [5, 5.41) is 0.